The van der Waals surface area contributed by atoms with Crippen LogP contribution in [0.1, 0.15) is 45.6 Å². The first kappa shape index (κ1) is 14.7. The molecule has 2 N–H and O–H groups in total. The molecule has 1 aromatic rings. The molecule has 1 aromatic carbocycles. The molecule has 1 fully saturated rings. The predicted octanol–water partition coefficient (Wildman–Crippen LogP) is 3.70. The minimum Gasteiger partial charge on any atom is -0.486 e. The summed E-state index contributed by atoms with van der Waals surface area (Å²) in [6, 6.07) is 6.28. The lowest BCUT2D eigenvalue weighted by Gasteiger charge is -2.46. The summed E-state index contributed by atoms with van der Waals surface area (Å²) in [5, 5.41) is 0. The summed E-state index contributed by atoms with van der Waals surface area (Å²) in [4.78, 5) is 0. The standard InChI is InChI=1S/C18H27NO2/c1-12(2)15-6-4-13(3)11-18(15,19)14-5-7-16-17(10-14)21-9-8-20-16/h5,7,10,12-13,15H,4,6,8-9,11,19H2,1-3H3. The highest BCUT2D eigenvalue weighted by Crippen LogP contribution is 2.47. The van der Waals surface area contributed by atoms with Crippen molar-refractivity contribution in [2.45, 2.75) is 45.6 Å². The number of ether oxygens (including phenoxy) is 2. The highest BCUT2D eigenvalue weighted by atomic mass is 16.6. The Bertz CT molecular complexity index is 514. The summed E-state index contributed by atoms with van der Waals surface area (Å²) in [6.45, 7) is 8.15. The van der Waals surface area contributed by atoms with Crippen LogP contribution in [0, 0.1) is 17.8 Å². The SMILES string of the molecule is CC1CCC(C(C)C)C(N)(c2ccc3c(c2)OCCO3)C1. The number of hydrogen-bond donors (Lipinski definition) is 1. The molecule has 3 atom stereocenters. The van der Waals surface area contributed by atoms with Crippen molar-refractivity contribution in [3.05, 3.63) is 23.8 Å². The monoisotopic (exact) mass is 289 g/mol. The Morgan fingerprint density at radius 2 is 1.86 bits per heavy atom. The maximum atomic E-state index is 6.95. The summed E-state index contributed by atoms with van der Waals surface area (Å²) >= 11 is 0. The van der Waals surface area contributed by atoms with Crippen LogP contribution < -0.4 is 15.2 Å². The van der Waals surface area contributed by atoms with Crippen LogP contribution in [0.25, 0.3) is 0 Å². The molecule has 2 aliphatic rings. The van der Waals surface area contributed by atoms with E-state index >= 15 is 0 Å². The molecule has 0 bridgehead atoms. The van der Waals surface area contributed by atoms with Crippen molar-refractivity contribution >= 4 is 0 Å². The number of benzene rings is 1. The summed E-state index contributed by atoms with van der Waals surface area (Å²) in [6.07, 6.45) is 3.55. The van der Waals surface area contributed by atoms with Gasteiger partial charge < -0.3 is 15.2 Å². The van der Waals surface area contributed by atoms with Gasteiger partial charge in [0.25, 0.3) is 0 Å². The largest absolute Gasteiger partial charge is 0.486 e. The summed E-state index contributed by atoms with van der Waals surface area (Å²) in [7, 11) is 0. The molecule has 0 radical (unpaired) electrons. The van der Waals surface area contributed by atoms with Gasteiger partial charge in [-0.1, -0.05) is 33.3 Å². The maximum Gasteiger partial charge on any atom is 0.161 e. The third-order valence-electron chi connectivity index (χ3n) is 5.20. The van der Waals surface area contributed by atoms with Gasteiger partial charge in [0.15, 0.2) is 11.5 Å². The summed E-state index contributed by atoms with van der Waals surface area (Å²) < 4.78 is 11.4. The highest BCUT2D eigenvalue weighted by molar-refractivity contribution is 5.46. The Balaban J connectivity index is 1.98. The molecule has 1 aliphatic carbocycles. The fourth-order valence-corrected chi connectivity index (χ4v) is 4.14. The van der Waals surface area contributed by atoms with Crippen molar-refractivity contribution in [2.24, 2.45) is 23.5 Å². The molecule has 3 nitrogen and oxygen atoms in total. The van der Waals surface area contributed by atoms with E-state index in [2.05, 4.69) is 32.9 Å². The van der Waals surface area contributed by atoms with Crippen LogP contribution in [0.5, 0.6) is 11.5 Å². The van der Waals surface area contributed by atoms with Crippen molar-refractivity contribution < 1.29 is 9.47 Å². The first-order valence-electron chi connectivity index (χ1n) is 8.19. The molecule has 3 rings (SSSR count). The average Bonchev–Trinajstić information content (AvgIpc) is 2.46. The molecular weight excluding hydrogens is 262 g/mol. The zero-order valence-electron chi connectivity index (χ0n) is 13.4. The normalized spacial score (nSPS) is 32.2. The van der Waals surface area contributed by atoms with Crippen LogP contribution in [0.15, 0.2) is 18.2 Å². The first-order chi connectivity index (χ1) is 10.0. The molecule has 1 aliphatic heterocycles. The van der Waals surface area contributed by atoms with E-state index in [1.54, 1.807) is 0 Å². The predicted molar refractivity (Wildman–Crippen MR) is 84.6 cm³/mol. The summed E-state index contributed by atoms with van der Waals surface area (Å²) in [5.74, 6) is 3.49. The number of nitrogens with two attached hydrogens (primary N) is 1. The highest BCUT2D eigenvalue weighted by Gasteiger charge is 2.42. The molecular formula is C18H27NO2. The van der Waals surface area contributed by atoms with Crippen LogP contribution in [-0.2, 0) is 5.54 Å². The van der Waals surface area contributed by atoms with Crippen LogP contribution in [0.2, 0.25) is 0 Å². The van der Waals surface area contributed by atoms with Crippen molar-refractivity contribution in [1.29, 1.82) is 0 Å². The molecule has 0 saturated heterocycles. The molecule has 1 heterocycles. The van der Waals surface area contributed by atoms with E-state index in [4.69, 9.17) is 15.2 Å². The van der Waals surface area contributed by atoms with E-state index < -0.39 is 0 Å². The van der Waals surface area contributed by atoms with Gasteiger partial charge in [-0.25, -0.2) is 0 Å². The summed E-state index contributed by atoms with van der Waals surface area (Å²) in [5.41, 5.74) is 7.91. The molecule has 3 heteroatoms. The minimum atomic E-state index is -0.248. The second-order valence-electron chi connectivity index (χ2n) is 7.14. The topological polar surface area (TPSA) is 44.5 Å². The van der Waals surface area contributed by atoms with Gasteiger partial charge in [-0.3, -0.25) is 0 Å². The Hall–Kier alpha value is -1.22. The lowest BCUT2D eigenvalue weighted by Crippen LogP contribution is -2.50. The van der Waals surface area contributed by atoms with Crippen LogP contribution in [0.4, 0.5) is 0 Å². The van der Waals surface area contributed by atoms with Crippen molar-refractivity contribution in [2.75, 3.05) is 13.2 Å². The van der Waals surface area contributed by atoms with E-state index in [9.17, 15) is 0 Å². The van der Waals surface area contributed by atoms with E-state index in [-0.39, 0.29) is 5.54 Å². The second kappa shape index (κ2) is 5.53. The lowest BCUT2D eigenvalue weighted by molar-refractivity contribution is 0.107. The Morgan fingerprint density at radius 1 is 1.14 bits per heavy atom. The number of fused-ring (bicyclic) bond motifs is 1. The second-order valence-corrected chi connectivity index (χ2v) is 7.14. The van der Waals surface area contributed by atoms with Gasteiger partial charge in [-0.15, -0.1) is 0 Å². The van der Waals surface area contributed by atoms with Crippen LogP contribution in [-0.4, -0.2) is 13.2 Å². The van der Waals surface area contributed by atoms with Gasteiger partial charge in [0.05, 0.1) is 0 Å². The van der Waals surface area contributed by atoms with Gasteiger partial charge in [0, 0.05) is 5.54 Å². The molecule has 0 spiro atoms. The molecule has 0 aromatic heterocycles. The van der Waals surface area contributed by atoms with Gasteiger partial charge in [0.1, 0.15) is 13.2 Å². The van der Waals surface area contributed by atoms with Crippen LogP contribution in [0.3, 0.4) is 0 Å². The Kier molecular flexibility index (Phi) is 3.87. The lowest BCUT2D eigenvalue weighted by atomic mass is 9.63. The van der Waals surface area contributed by atoms with Crippen LogP contribution >= 0.6 is 0 Å². The average molecular weight is 289 g/mol. The molecule has 0 amide bonds. The van der Waals surface area contributed by atoms with E-state index in [1.165, 1.54) is 18.4 Å². The molecule has 1 saturated carbocycles. The molecule has 116 valence electrons. The number of rotatable bonds is 2. The number of hydrogen-bond acceptors (Lipinski definition) is 3. The van der Waals surface area contributed by atoms with Gasteiger partial charge in [0.2, 0.25) is 0 Å². The fraction of sp³-hybridized carbons (Fsp3) is 0.667. The first-order valence-corrected chi connectivity index (χ1v) is 8.19. The van der Waals surface area contributed by atoms with E-state index in [1.807, 2.05) is 6.07 Å². The quantitative estimate of drug-likeness (QED) is 0.902. The zero-order chi connectivity index (χ0) is 15.0. The Morgan fingerprint density at radius 3 is 2.57 bits per heavy atom. The van der Waals surface area contributed by atoms with Gasteiger partial charge in [-0.05, 0) is 48.3 Å². The third kappa shape index (κ3) is 2.64. The van der Waals surface area contributed by atoms with E-state index in [0.717, 1.165) is 17.9 Å². The van der Waals surface area contributed by atoms with E-state index in [0.29, 0.717) is 31.0 Å². The maximum absolute atomic E-state index is 6.95. The zero-order valence-corrected chi connectivity index (χ0v) is 13.4. The smallest absolute Gasteiger partial charge is 0.161 e. The molecule has 3 unspecified atom stereocenters. The Labute approximate surface area is 127 Å². The van der Waals surface area contributed by atoms with Crippen molar-refractivity contribution in [1.82, 2.24) is 0 Å². The van der Waals surface area contributed by atoms with Gasteiger partial charge in [-0.2, -0.15) is 0 Å². The van der Waals surface area contributed by atoms with Gasteiger partial charge >= 0.3 is 0 Å². The fourth-order valence-electron chi connectivity index (χ4n) is 4.14. The van der Waals surface area contributed by atoms with Crippen molar-refractivity contribution in [3.8, 4) is 11.5 Å². The minimum absolute atomic E-state index is 0.248. The van der Waals surface area contributed by atoms with Crippen molar-refractivity contribution in [3.63, 3.8) is 0 Å². The third-order valence-corrected chi connectivity index (χ3v) is 5.20. The molecule has 21 heavy (non-hydrogen) atoms.